The number of fused-ring (bicyclic) bond motifs is 6. The first-order chi connectivity index (χ1) is 53.6. The first kappa shape index (κ1) is 75.4. The summed E-state index contributed by atoms with van der Waals surface area (Å²) in [6.07, 6.45) is 109. The van der Waals surface area contributed by atoms with Crippen LogP contribution in [0.5, 0.6) is 0 Å². The van der Waals surface area contributed by atoms with Crippen LogP contribution < -0.4 is 0 Å². The van der Waals surface area contributed by atoms with Crippen molar-refractivity contribution in [1.29, 1.82) is 0 Å². The number of rotatable bonds is 13. The molecule has 19 saturated carbocycles. The van der Waals surface area contributed by atoms with Crippen LogP contribution in [0.2, 0.25) is 17.5 Å². The summed E-state index contributed by atoms with van der Waals surface area (Å²) in [6.45, 7) is 1.01. The van der Waals surface area contributed by atoms with E-state index in [4.69, 9.17) is 0 Å². The summed E-state index contributed by atoms with van der Waals surface area (Å²) < 4.78 is 0. The summed E-state index contributed by atoms with van der Waals surface area (Å²) in [5.74, 6) is 28.1. The maximum Gasteiger partial charge on any atom is 0.156 e. The zero-order chi connectivity index (χ0) is 71.2. The van der Waals surface area contributed by atoms with E-state index < -0.39 is 0 Å². The molecule has 0 spiro atoms. The molecule has 2 heterocycles. The molecule has 0 radical (unpaired) electrons. The lowest BCUT2D eigenvalue weighted by Gasteiger charge is -2.72. The summed E-state index contributed by atoms with van der Waals surface area (Å²) in [7, 11) is 0. The van der Waals surface area contributed by atoms with Gasteiger partial charge in [0.05, 0.1) is 0 Å². The smallest absolute Gasteiger partial charge is 0.156 e. The predicted molar refractivity (Wildman–Crippen MR) is 454 cm³/mol. The molecule has 21 aliphatic rings. The molecule has 0 aromatic rings. The first-order valence-corrected chi connectivity index (χ1v) is 52.9. The lowest BCUT2D eigenvalue weighted by atomic mass is 9.18. The van der Waals surface area contributed by atoms with Gasteiger partial charge < -0.3 is 0 Å². The molecule has 23 unspecified atom stereocenters. The van der Waals surface area contributed by atoms with Crippen molar-refractivity contribution in [3.05, 3.63) is 0 Å². The van der Waals surface area contributed by atoms with Gasteiger partial charge in [0.25, 0.3) is 0 Å². The van der Waals surface area contributed by atoms with Gasteiger partial charge in [0.15, 0.2) is 6.71 Å². The highest BCUT2D eigenvalue weighted by molar-refractivity contribution is 6.65. The fourth-order valence-corrected chi connectivity index (χ4v) is 39.7. The van der Waals surface area contributed by atoms with Gasteiger partial charge in [-0.25, -0.2) is 0 Å². The van der Waals surface area contributed by atoms with Crippen molar-refractivity contribution >= 4 is 6.71 Å². The van der Waals surface area contributed by atoms with Crippen molar-refractivity contribution in [1.82, 2.24) is 14.7 Å². The van der Waals surface area contributed by atoms with Gasteiger partial charge in [0.2, 0.25) is 0 Å². The first-order valence-electron chi connectivity index (χ1n) is 52.9. The number of hydrogen-bond donors (Lipinski definition) is 0. The zero-order valence-electron chi connectivity index (χ0n) is 70.8. The molecule has 3 nitrogen and oxygen atoms in total. The Labute approximate surface area is 667 Å². The van der Waals surface area contributed by atoms with E-state index in [1.807, 2.05) is 0 Å². The second-order valence-electron chi connectivity index (χ2n) is 47.1. The maximum absolute atomic E-state index is 4.09. The number of nitrogens with zero attached hydrogens (tertiary/aromatic N) is 3. The summed E-state index contributed by atoms with van der Waals surface area (Å²) in [5.41, 5.74) is 0. The van der Waals surface area contributed by atoms with E-state index in [0.29, 0.717) is 0 Å². The monoisotopic (exact) mass is 1470 g/mol. The molecule has 23 atom stereocenters. The van der Waals surface area contributed by atoms with E-state index in [0.717, 1.165) is 221 Å². The Morgan fingerprint density at radius 3 is 0.963 bits per heavy atom. The summed E-state index contributed by atoms with van der Waals surface area (Å²) in [6, 6.07) is 7.72. The standard InChI is InChI=1S/C104H172BN3/c1-8-27-69(28-9-1)72-51-57-83(58-52-72)106(84-59-53-73(54-60-84)70-29-10-2-11-30-70)85-67-98-102-99(68-85)108(104-88(76-37-18-6-19-38-76)46-26-47-89(104)77-39-20-7-21-40-77)97-66-80(82-63-81-43-24-49-91-90-48-22-41-78-42-23-50-92(100(78)90)93(64-82)101(81)91)55-61-94(97)105(102)95-65-79(71-31-12-3-13-32-71)56-62-96(95)107(98)103-86(74-33-14-4-15-34-74)44-25-45-87(103)75-35-16-5-17-36-75/h69-104H,1-68H2. The van der Waals surface area contributed by atoms with Gasteiger partial charge in [-0.05, 0) is 301 Å². The van der Waals surface area contributed by atoms with Crippen LogP contribution >= 0.6 is 0 Å². The van der Waals surface area contributed by atoms with Crippen LogP contribution in [0.15, 0.2) is 0 Å². The quantitative estimate of drug-likeness (QED) is 0.170. The second-order valence-corrected chi connectivity index (χ2v) is 47.1. The Morgan fingerprint density at radius 1 is 0.176 bits per heavy atom. The molecule has 0 aromatic carbocycles. The molecule has 0 bridgehead atoms. The maximum atomic E-state index is 4.09. The highest BCUT2D eigenvalue weighted by Gasteiger charge is 2.70. The fraction of sp³-hybridized carbons (Fsp3) is 1.00. The van der Waals surface area contributed by atoms with Crippen molar-refractivity contribution < 1.29 is 0 Å². The molecule has 0 N–H and O–H groups in total. The molecule has 0 aromatic heterocycles. The Balaban J connectivity index is 0.733. The molecule has 2 aliphatic heterocycles. The minimum atomic E-state index is 0.805. The van der Waals surface area contributed by atoms with Gasteiger partial charge in [-0.2, -0.15) is 0 Å². The average molecular weight is 1480 g/mol. The van der Waals surface area contributed by atoms with E-state index in [9.17, 15) is 0 Å². The van der Waals surface area contributed by atoms with Crippen molar-refractivity contribution in [2.24, 2.45) is 142 Å². The molecule has 606 valence electrons. The Hall–Kier alpha value is -0.0551. The van der Waals surface area contributed by atoms with E-state index in [2.05, 4.69) is 14.7 Å². The van der Waals surface area contributed by atoms with Crippen molar-refractivity contribution in [3.63, 3.8) is 0 Å². The van der Waals surface area contributed by atoms with Gasteiger partial charge in [-0.1, -0.05) is 295 Å². The van der Waals surface area contributed by atoms with Crippen LogP contribution in [0.1, 0.15) is 437 Å². The fourth-order valence-electron chi connectivity index (χ4n) is 39.7. The summed E-state index contributed by atoms with van der Waals surface area (Å²) >= 11 is 0. The predicted octanol–water partition coefficient (Wildman–Crippen LogP) is 28.4. The molecule has 21 fully saturated rings. The number of hydrogen-bond acceptors (Lipinski definition) is 3. The molecule has 21 rings (SSSR count). The molecular weight excluding hydrogens is 1300 g/mol. The van der Waals surface area contributed by atoms with Crippen LogP contribution in [-0.2, 0) is 0 Å². The summed E-state index contributed by atoms with van der Waals surface area (Å²) in [5, 5.41) is 0. The largest absolute Gasteiger partial charge is 0.295 e. The van der Waals surface area contributed by atoms with Crippen LogP contribution in [0, 0.1) is 142 Å². The van der Waals surface area contributed by atoms with Crippen LogP contribution in [-0.4, -0.2) is 75.8 Å². The van der Waals surface area contributed by atoms with Crippen LogP contribution in [0.3, 0.4) is 0 Å². The minimum absolute atomic E-state index is 0.805. The SMILES string of the molecule is C1CCC(C2CCC(N(C3CCC(C4CCCCC4)CC3)C3CC4C5B(C6CC(C7CCCCC7)CCC6N4C4C(C6CCCCC6)CCCC4C4CCCCC4)C4CCC(C6CC7CCCC8C9CCCC%10CCCC(C(C6)C78)C%109)CC4N(C4C(C6CCCCC6)CCCC4C4CCCCC4)C5C3)CC2)CC1. The Morgan fingerprint density at radius 2 is 0.509 bits per heavy atom. The van der Waals surface area contributed by atoms with Crippen LogP contribution in [0.25, 0.3) is 0 Å². The van der Waals surface area contributed by atoms with Crippen molar-refractivity contribution in [2.75, 3.05) is 0 Å². The van der Waals surface area contributed by atoms with E-state index in [1.165, 1.54) is 12.8 Å². The van der Waals surface area contributed by atoms with Gasteiger partial charge in [0.1, 0.15) is 0 Å². The van der Waals surface area contributed by atoms with Gasteiger partial charge in [0, 0.05) is 54.4 Å². The molecule has 2 saturated heterocycles. The Kier molecular flexibility index (Phi) is 23.7. The average Bonchev–Trinajstić information content (AvgIpc) is 0.690. The topological polar surface area (TPSA) is 9.72 Å². The lowest BCUT2D eigenvalue weighted by Crippen LogP contribution is -2.78. The van der Waals surface area contributed by atoms with Gasteiger partial charge >= 0.3 is 0 Å². The lowest BCUT2D eigenvalue weighted by molar-refractivity contribution is -0.155. The molecule has 19 aliphatic carbocycles. The third kappa shape index (κ3) is 14.5. The third-order valence-corrected chi connectivity index (χ3v) is 43.4. The molecule has 4 heteroatoms. The highest BCUT2D eigenvalue weighted by Crippen LogP contribution is 2.71. The second kappa shape index (κ2) is 34.0. The highest BCUT2D eigenvalue weighted by atomic mass is 15.3. The van der Waals surface area contributed by atoms with Crippen molar-refractivity contribution in [3.8, 4) is 0 Å². The normalized spacial score (nSPS) is 49.2. The van der Waals surface area contributed by atoms with E-state index in [-0.39, 0.29) is 0 Å². The van der Waals surface area contributed by atoms with E-state index >= 15 is 0 Å². The van der Waals surface area contributed by atoms with Crippen molar-refractivity contribution in [2.45, 2.75) is 508 Å². The van der Waals surface area contributed by atoms with E-state index in [1.54, 1.807) is 424 Å². The molecule has 108 heavy (non-hydrogen) atoms. The minimum Gasteiger partial charge on any atom is -0.295 e. The van der Waals surface area contributed by atoms with Crippen LogP contribution in [0.4, 0.5) is 0 Å². The molecule has 0 amide bonds. The van der Waals surface area contributed by atoms with Gasteiger partial charge in [-0.15, -0.1) is 0 Å². The molecular formula is C104H172BN3. The zero-order valence-corrected chi connectivity index (χ0v) is 70.8. The summed E-state index contributed by atoms with van der Waals surface area (Å²) in [4.78, 5) is 11.9. The Bertz CT molecular complexity index is 2720. The third-order valence-electron chi connectivity index (χ3n) is 43.4. The van der Waals surface area contributed by atoms with Gasteiger partial charge in [-0.3, -0.25) is 14.7 Å².